The lowest BCUT2D eigenvalue weighted by molar-refractivity contribution is -0.265. The van der Waals surface area contributed by atoms with Crippen molar-refractivity contribution in [3.05, 3.63) is 71.3 Å². The van der Waals surface area contributed by atoms with Crippen molar-refractivity contribution in [1.29, 1.82) is 5.41 Å². The number of ether oxygens (including phenoxy) is 1. The molecule has 1 unspecified atom stereocenters. The van der Waals surface area contributed by atoms with Crippen molar-refractivity contribution >= 4 is 11.7 Å². The first-order chi connectivity index (χ1) is 12.2. The van der Waals surface area contributed by atoms with Crippen molar-refractivity contribution in [1.82, 2.24) is 5.32 Å². The van der Waals surface area contributed by atoms with Crippen LogP contribution >= 0.6 is 0 Å². The molecule has 138 valence electrons. The van der Waals surface area contributed by atoms with Gasteiger partial charge >= 0.3 is 6.18 Å². The maximum Gasteiger partial charge on any atom is 0.430 e. The Labute approximate surface area is 148 Å². The Hall–Kier alpha value is -2.87. The van der Waals surface area contributed by atoms with Crippen LogP contribution in [0, 0.1) is 5.41 Å². The van der Waals surface area contributed by atoms with Gasteiger partial charge in [0.25, 0.3) is 11.5 Å². The van der Waals surface area contributed by atoms with Gasteiger partial charge in [-0.2, -0.15) is 13.2 Å². The zero-order valence-electron chi connectivity index (χ0n) is 13.9. The molecule has 2 rings (SSSR count). The van der Waals surface area contributed by atoms with Gasteiger partial charge in [-0.1, -0.05) is 54.6 Å². The van der Waals surface area contributed by atoms with E-state index >= 15 is 0 Å². The Morgan fingerprint density at radius 1 is 1.12 bits per heavy atom. The first-order valence-electron chi connectivity index (χ1n) is 7.61. The number of carbonyl (C=O) groups excluding carboxylic acids is 1. The van der Waals surface area contributed by atoms with Gasteiger partial charge in [0.1, 0.15) is 5.84 Å². The van der Waals surface area contributed by atoms with Crippen LogP contribution in [0.25, 0.3) is 0 Å². The molecule has 2 aromatic rings. The number of benzene rings is 2. The number of hydrogen-bond acceptors (Lipinski definition) is 3. The minimum absolute atomic E-state index is 0.125. The van der Waals surface area contributed by atoms with Gasteiger partial charge in [0.2, 0.25) is 0 Å². The van der Waals surface area contributed by atoms with E-state index in [1.165, 1.54) is 24.3 Å². The molecule has 0 aromatic heterocycles. The molecule has 0 aliphatic carbocycles. The highest BCUT2D eigenvalue weighted by atomic mass is 19.4. The first-order valence-corrected chi connectivity index (χ1v) is 7.61. The Morgan fingerprint density at radius 2 is 1.69 bits per heavy atom. The normalized spacial score (nSPS) is 13.7. The fourth-order valence-electron chi connectivity index (χ4n) is 2.53. The van der Waals surface area contributed by atoms with E-state index < -0.39 is 17.7 Å². The predicted molar refractivity (Wildman–Crippen MR) is 90.5 cm³/mol. The fourth-order valence-corrected chi connectivity index (χ4v) is 2.53. The molecular weight excluding hydrogens is 347 g/mol. The van der Waals surface area contributed by atoms with Gasteiger partial charge in [0.15, 0.2) is 0 Å². The van der Waals surface area contributed by atoms with Crippen LogP contribution in [0.1, 0.15) is 16.7 Å². The third-order valence-electron chi connectivity index (χ3n) is 3.92. The number of amides is 1. The molecule has 2 aromatic carbocycles. The molecule has 0 spiro atoms. The summed E-state index contributed by atoms with van der Waals surface area (Å²) in [7, 11) is 0.849. The van der Waals surface area contributed by atoms with Crippen LogP contribution in [-0.2, 0) is 21.7 Å². The van der Waals surface area contributed by atoms with Gasteiger partial charge in [0, 0.05) is 24.8 Å². The fraction of sp³-hybridized carbons (Fsp3) is 0.222. The highest BCUT2D eigenvalue weighted by Gasteiger charge is 2.62. The van der Waals surface area contributed by atoms with Gasteiger partial charge < -0.3 is 15.8 Å². The number of carbonyl (C=O) groups is 1. The highest BCUT2D eigenvalue weighted by Crippen LogP contribution is 2.42. The van der Waals surface area contributed by atoms with Gasteiger partial charge in [-0.15, -0.1) is 0 Å². The number of nitrogens with two attached hydrogens (primary N) is 1. The van der Waals surface area contributed by atoms with Crippen LogP contribution in [0.15, 0.2) is 54.6 Å². The standard InChI is InChI=1S/C18H18F3N3O2/c1-26-17(18(19,20)21,14-5-3-2-4-6-14)16(25)24-11-12-7-9-13(10-8-12)15(22)23/h2-10H,11H2,1H3,(H3,22,23)(H,24,25). The monoisotopic (exact) mass is 365 g/mol. The van der Waals surface area contributed by atoms with Crippen molar-refractivity contribution in [2.24, 2.45) is 5.73 Å². The first kappa shape index (κ1) is 19.5. The van der Waals surface area contributed by atoms with Crippen molar-refractivity contribution in [2.75, 3.05) is 7.11 Å². The molecule has 26 heavy (non-hydrogen) atoms. The molecular formula is C18H18F3N3O2. The molecule has 8 heteroatoms. The molecule has 0 bridgehead atoms. The maximum absolute atomic E-state index is 13.8. The summed E-state index contributed by atoms with van der Waals surface area (Å²) in [5.41, 5.74) is 2.97. The Bertz CT molecular complexity index is 777. The van der Waals surface area contributed by atoms with Gasteiger partial charge in [-0.3, -0.25) is 10.2 Å². The smallest absolute Gasteiger partial charge is 0.384 e. The zero-order valence-corrected chi connectivity index (χ0v) is 13.9. The molecule has 0 radical (unpaired) electrons. The number of nitrogen functional groups attached to an aromatic ring is 1. The van der Waals surface area contributed by atoms with Crippen LogP contribution in [0.5, 0.6) is 0 Å². The van der Waals surface area contributed by atoms with Crippen molar-refractivity contribution < 1.29 is 22.7 Å². The quantitative estimate of drug-likeness (QED) is 0.543. The zero-order chi connectivity index (χ0) is 19.4. The number of hydrogen-bond donors (Lipinski definition) is 3. The number of halogens is 3. The predicted octanol–water partition coefficient (Wildman–Crippen LogP) is 2.69. The molecule has 0 saturated carbocycles. The topological polar surface area (TPSA) is 88.2 Å². The Morgan fingerprint density at radius 3 is 2.15 bits per heavy atom. The number of alkyl halides is 3. The molecule has 0 aliphatic rings. The lowest BCUT2D eigenvalue weighted by Crippen LogP contribution is -2.55. The number of nitrogens with one attached hydrogen (secondary N) is 2. The van der Waals surface area contributed by atoms with E-state index in [2.05, 4.69) is 5.32 Å². The van der Waals surface area contributed by atoms with Crippen LogP contribution in [0.3, 0.4) is 0 Å². The SMILES string of the molecule is COC(C(=O)NCc1ccc(C(=N)N)cc1)(c1ccccc1)C(F)(F)F. The molecule has 4 N–H and O–H groups in total. The van der Waals surface area contributed by atoms with E-state index in [9.17, 15) is 18.0 Å². The average molecular weight is 365 g/mol. The summed E-state index contributed by atoms with van der Waals surface area (Å²) in [6, 6.07) is 13.0. The Balaban J connectivity index is 2.26. The largest absolute Gasteiger partial charge is 0.430 e. The molecule has 0 saturated heterocycles. The maximum atomic E-state index is 13.8. The number of amidine groups is 1. The molecule has 0 heterocycles. The van der Waals surface area contributed by atoms with Crippen LogP contribution in [0.4, 0.5) is 13.2 Å². The highest BCUT2D eigenvalue weighted by molar-refractivity contribution is 5.94. The molecule has 5 nitrogen and oxygen atoms in total. The second-order valence-corrected chi connectivity index (χ2v) is 5.54. The summed E-state index contributed by atoms with van der Waals surface area (Å²) in [6.45, 7) is -0.134. The van der Waals surface area contributed by atoms with E-state index in [1.54, 1.807) is 30.3 Å². The third-order valence-corrected chi connectivity index (χ3v) is 3.92. The van der Waals surface area contributed by atoms with E-state index in [1.807, 2.05) is 0 Å². The summed E-state index contributed by atoms with van der Waals surface area (Å²) in [5, 5.41) is 9.59. The van der Waals surface area contributed by atoms with Crippen LogP contribution in [0.2, 0.25) is 0 Å². The Kier molecular flexibility index (Phi) is 5.66. The van der Waals surface area contributed by atoms with Crippen LogP contribution in [-0.4, -0.2) is 25.0 Å². The van der Waals surface area contributed by atoms with Crippen LogP contribution < -0.4 is 11.1 Å². The second kappa shape index (κ2) is 7.57. The number of rotatable bonds is 6. The summed E-state index contributed by atoms with van der Waals surface area (Å²) in [4.78, 5) is 12.5. The molecule has 1 amide bonds. The van der Waals surface area contributed by atoms with E-state index in [4.69, 9.17) is 15.9 Å². The molecule has 0 fully saturated rings. The summed E-state index contributed by atoms with van der Waals surface area (Å²) < 4.78 is 46.0. The lowest BCUT2D eigenvalue weighted by atomic mass is 9.91. The van der Waals surface area contributed by atoms with Crippen molar-refractivity contribution in [3.8, 4) is 0 Å². The summed E-state index contributed by atoms with van der Waals surface area (Å²) >= 11 is 0. The van der Waals surface area contributed by atoms with E-state index in [0.29, 0.717) is 11.1 Å². The van der Waals surface area contributed by atoms with E-state index in [-0.39, 0.29) is 17.9 Å². The molecule has 1 atom stereocenters. The van der Waals surface area contributed by atoms with Crippen molar-refractivity contribution in [2.45, 2.75) is 18.3 Å². The van der Waals surface area contributed by atoms with E-state index in [0.717, 1.165) is 7.11 Å². The third kappa shape index (κ3) is 3.70. The summed E-state index contributed by atoms with van der Waals surface area (Å²) in [5.74, 6) is -1.44. The van der Waals surface area contributed by atoms with Gasteiger partial charge in [-0.25, -0.2) is 0 Å². The lowest BCUT2D eigenvalue weighted by Gasteiger charge is -2.33. The van der Waals surface area contributed by atoms with Crippen molar-refractivity contribution in [3.63, 3.8) is 0 Å². The minimum Gasteiger partial charge on any atom is -0.384 e. The van der Waals surface area contributed by atoms with Gasteiger partial charge in [-0.05, 0) is 5.56 Å². The second-order valence-electron chi connectivity index (χ2n) is 5.54. The molecule has 0 aliphatic heterocycles. The average Bonchev–Trinajstić information content (AvgIpc) is 2.61. The summed E-state index contributed by atoms with van der Waals surface area (Å²) in [6.07, 6.45) is -4.95. The van der Waals surface area contributed by atoms with Gasteiger partial charge in [0.05, 0.1) is 0 Å². The minimum atomic E-state index is -4.95. The number of methoxy groups -OCH3 is 1.